The van der Waals surface area contributed by atoms with Crippen LogP contribution in [0.1, 0.15) is 26.3 Å². The summed E-state index contributed by atoms with van der Waals surface area (Å²) < 4.78 is 12.0. The molecule has 1 aromatic carbocycles. The van der Waals surface area contributed by atoms with Gasteiger partial charge in [-0.2, -0.15) is 0 Å². The summed E-state index contributed by atoms with van der Waals surface area (Å²) in [7, 11) is -1.15. The van der Waals surface area contributed by atoms with Crippen LogP contribution in [0.4, 0.5) is 11.4 Å². The SMILES string of the molecule is Cc1cc(N)ccc1NC(=O)C(C)S(=O)CC(C)C. The minimum Gasteiger partial charge on any atom is -0.399 e. The predicted octanol–water partition coefficient (Wildman–Crippen LogP) is 2.31. The van der Waals surface area contributed by atoms with Crippen molar-refractivity contribution in [2.45, 2.75) is 32.9 Å². The van der Waals surface area contributed by atoms with E-state index in [9.17, 15) is 9.00 Å². The Balaban J connectivity index is 2.71. The summed E-state index contributed by atoms with van der Waals surface area (Å²) in [5.74, 6) is 0.635. The van der Waals surface area contributed by atoms with E-state index in [4.69, 9.17) is 5.73 Å². The fourth-order valence-electron chi connectivity index (χ4n) is 1.65. The number of aryl methyl sites for hydroxylation is 1. The number of nitrogens with one attached hydrogen (secondary N) is 1. The third-order valence-electron chi connectivity index (χ3n) is 2.77. The largest absolute Gasteiger partial charge is 0.399 e. The van der Waals surface area contributed by atoms with Gasteiger partial charge in [-0.1, -0.05) is 13.8 Å². The lowest BCUT2D eigenvalue weighted by atomic mass is 10.2. The van der Waals surface area contributed by atoms with Crippen molar-refractivity contribution in [2.24, 2.45) is 5.92 Å². The van der Waals surface area contributed by atoms with Gasteiger partial charge in [0.2, 0.25) is 5.91 Å². The first kappa shape index (κ1) is 15.7. The van der Waals surface area contributed by atoms with Crippen molar-refractivity contribution < 1.29 is 9.00 Å². The molecule has 0 radical (unpaired) electrons. The van der Waals surface area contributed by atoms with Crippen molar-refractivity contribution >= 4 is 28.1 Å². The Labute approximate surface area is 117 Å². The zero-order valence-electron chi connectivity index (χ0n) is 11.9. The molecular weight excluding hydrogens is 260 g/mol. The highest BCUT2D eigenvalue weighted by Crippen LogP contribution is 2.18. The average Bonchev–Trinajstić information content (AvgIpc) is 2.30. The third-order valence-corrected chi connectivity index (χ3v) is 4.77. The summed E-state index contributed by atoms with van der Waals surface area (Å²) in [4.78, 5) is 12.0. The molecule has 0 saturated carbocycles. The minimum absolute atomic E-state index is 0.216. The van der Waals surface area contributed by atoms with Crippen LogP contribution < -0.4 is 11.1 Å². The van der Waals surface area contributed by atoms with Crippen molar-refractivity contribution in [2.75, 3.05) is 16.8 Å². The lowest BCUT2D eigenvalue weighted by Gasteiger charge is -2.15. The summed E-state index contributed by atoms with van der Waals surface area (Å²) in [5, 5.41) is 2.29. The number of rotatable bonds is 5. The highest BCUT2D eigenvalue weighted by Gasteiger charge is 2.21. The molecule has 2 unspecified atom stereocenters. The van der Waals surface area contributed by atoms with Gasteiger partial charge in [0.05, 0.1) is 0 Å². The van der Waals surface area contributed by atoms with E-state index in [1.165, 1.54) is 0 Å². The molecule has 1 aromatic rings. The van der Waals surface area contributed by atoms with Crippen molar-refractivity contribution in [3.05, 3.63) is 23.8 Å². The Morgan fingerprint density at radius 3 is 2.53 bits per heavy atom. The molecular formula is C14H22N2O2S. The second-order valence-electron chi connectivity index (χ2n) is 5.15. The molecule has 1 rings (SSSR count). The van der Waals surface area contributed by atoms with Gasteiger partial charge in [-0.25, -0.2) is 0 Å². The molecule has 5 heteroatoms. The molecule has 4 nitrogen and oxygen atoms in total. The number of nitrogen functional groups attached to an aromatic ring is 1. The van der Waals surface area contributed by atoms with Crippen LogP contribution in [0.2, 0.25) is 0 Å². The number of carbonyl (C=O) groups is 1. The lowest BCUT2D eigenvalue weighted by Crippen LogP contribution is -2.31. The molecule has 19 heavy (non-hydrogen) atoms. The standard InChI is InChI=1S/C14H22N2O2S/c1-9(2)8-19(18)11(4)14(17)16-13-6-5-12(15)7-10(13)3/h5-7,9,11H,8,15H2,1-4H3,(H,16,17). The van der Waals surface area contributed by atoms with Crippen LogP contribution in [0.3, 0.4) is 0 Å². The molecule has 2 atom stereocenters. The summed E-state index contributed by atoms with van der Waals surface area (Å²) in [6.07, 6.45) is 0. The smallest absolute Gasteiger partial charge is 0.239 e. The third kappa shape index (κ3) is 4.67. The van der Waals surface area contributed by atoms with Crippen molar-refractivity contribution in [1.29, 1.82) is 0 Å². The number of benzene rings is 1. The van der Waals surface area contributed by atoms with Gasteiger partial charge < -0.3 is 11.1 Å². The van der Waals surface area contributed by atoms with Gasteiger partial charge in [0, 0.05) is 27.9 Å². The van der Waals surface area contributed by atoms with E-state index < -0.39 is 16.0 Å². The summed E-state index contributed by atoms with van der Waals surface area (Å²) in [6, 6.07) is 5.30. The molecule has 0 aromatic heterocycles. The normalized spacial score (nSPS) is 14.2. The highest BCUT2D eigenvalue weighted by molar-refractivity contribution is 7.86. The Hall–Kier alpha value is -1.36. The van der Waals surface area contributed by atoms with Crippen LogP contribution in [-0.4, -0.2) is 21.1 Å². The van der Waals surface area contributed by atoms with Gasteiger partial charge in [0.25, 0.3) is 0 Å². The first-order valence-corrected chi connectivity index (χ1v) is 7.73. The second-order valence-corrected chi connectivity index (χ2v) is 6.95. The molecule has 0 aliphatic rings. The molecule has 1 amide bonds. The van der Waals surface area contributed by atoms with Crippen LogP contribution in [0.5, 0.6) is 0 Å². The second kappa shape index (κ2) is 6.70. The number of carbonyl (C=O) groups excluding carboxylic acids is 1. The lowest BCUT2D eigenvalue weighted by molar-refractivity contribution is -0.115. The molecule has 3 N–H and O–H groups in total. The molecule has 0 fully saturated rings. The zero-order chi connectivity index (χ0) is 14.6. The number of hydrogen-bond donors (Lipinski definition) is 2. The maximum Gasteiger partial charge on any atom is 0.239 e. The van der Waals surface area contributed by atoms with E-state index in [1.54, 1.807) is 25.1 Å². The molecule has 0 saturated heterocycles. The van der Waals surface area contributed by atoms with E-state index in [1.807, 2.05) is 20.8 Å². The van der Waals surface area contributed by atoms with Crippen LogP contribution in [0.25, 0.3) is 0 Å². The number of amides is 1. The van der Waals surface area contributed by atoms with Gasteiger partial charge >= 0.3 is 0 Å². The molecule has 0 aliphatic heterocycles. The first-order valence-electron chi connectivity index (χ1n) is 6.35. The van der Waals surface area contributed by atoms with Crippen LogP contribution >= 0.6 is 0 Å². The van der Waals surface area contributed by atoms with E-state index in [0.717, 1.165) is 5.56 Å². The van der Waals surface area contributed by atoms with Gasteiger partial charge in [-0.3, -0.25) is 9.00 Å². The Morgan fingerprint density at radius 2 is 2.00 bits per heavy atom. The average molecular weight is 282 g/mol. The molecule has 0 spiro atoms. The quantitative estimate of drug-likeness (QED) is 0.814. The molecule has 106 valence electrons. The highest BCUT2D eigenvalue weighted by atomic mass is 32.2. The van der Waals surface area contributed by atoms with E-state index in [-0.39, 0.29) is 5.91 Å². The van der Waals surface area contributed by atoms with Gasteiger partial charge in [-0.05, 0) is 43.5 Å². The number of hydrogen-bond acceptors (Lipinski definition) is 3. The summed E-state index contributed by atoms with van der Waals surface area (Å²) >= 11 is 0. The van der Waals surface area contributed by atoms with Gasteiger partial charge in [0.15, 0.2) is 0 Å². The van der Waals surface area contributed by atoms with Crippen LogP contribution in [0, 0.1) is 12.8 Å². The van der Waals surface area contributed by atoms with Gasteiger partial charge in [0.1, 0.15) is 5.25 Å². The van der Waals surface area contributed by atoms with Gasteiger partial charge in [-0.15, -0.1) is 0 Å². The van der Waals surface area contributed by atoms with Crippen molar-refractivity contribution in [1.82, 2.24) is 0 Å². The summed E-state index contributed by atoms with van der Waals surface area (Å²) in [6.45, 7) is 7.56. The monoisotopic (exact) mass is 282 g/mol. The predicted molar refractivity (Wildman–Crippen MR) is 81.5 cm³/mol. The van der Waals surface area contributed by atoms with Crippen LogP contribution in [-0.2, 0) is 15.6 Å². The molecule has 0 bridgehead atoms. The topological polar surface area (TPSA) is 72.2 Å². The minimum atomic E-state index is -1.15. The number of anilines is 2. The maximum atomic E-state index is 12.0. The fraction of sp³-hybridized carbons (Fsp3) is 0.500. The summed E-state index contributed by atoms with van der Waals surface area (Å²) in [5.41, 5.74) is 7.93. The van der Waals surface area contributed by atoms with Crippen molar-refractivity contribution in [3.8, 4) is 0 Å². The van der Waals surface area contributed by atoms with E-state index in [2.05, 4.69) is 5.32 Å². The maximum absolute atomic E-state index is 12.0. The first-order chi connectivity index (χ1) is 8.81. The molecule has 0 aliphatic carbocycles. The van der Waals surface area contributed by atoms with E-state index >= 15 is 0 Å². The Kier molecular flexibility index (Phi) is 5.54. The van der Waals surface area contributed by atoms with Crippen molar-refractivity contribution in [3.63, 3.8) is 0 Å². The molecule has 0 heterocycles. The Morgan fingerprint density at radius 1 is 1.37 bits per heavy atom. The number of nitrogens with two attached hydrogens (primary N) is 1. The van der Waals surface area contributed by atoms with Crippen LogP contribution in [0.15, 0.2) is 18.2 Å². The fourth-order valence-corrected chi connectivity index (χ4v) is 2.90. The Bertz CT molecular complexity index is 486. The van der Waals surface area contributed by atoms with E-state index in [0.29, 0.717) is 23.0 Å². The zero-order valence-corrected chi connectivity index (χ0v) is 12.7.